The number of aromatic nitrogens is 2. The van der Waals surface area contributed by atoms with Crippen LogP contribution in [0.2, 0.25) is 0 Å². The van der Waals surface area contributed by atoms with E-state index in [1.807, 2.05) is 6.07 Å². The van der Waals surface area contributed by atoms with Gasteiger partial charge in [0.15, 0.2) is 0 Å². The third-order valence-corrected chi connectivity index (χ3v) is 3.72. The molecule has 1 atom stereocenters. The molecule has 1 fully saturated rings. The Morgan fingerprint density at radius 1 is 1.47 bits per heavy atom. The van der Waals surface area contributed by atoms with E-state index in [4.69, 9.17) is 0 Å². The van der Waals surface area contributed by atoms with Crippen molar-refractivity contribution in [3.63, 3.8) is 0 Å². The molecule has 1 heterocycles. The normalized spacial score (nSPS) is 16.9. The van der Waals surface area contributed by atoms with E-state index in [1.165, 1.54) is 19.3 Å². The average Bonchev–Trinajstić information content (AvgIpc) is 3.11. The summed E-state index contributed by atoms with van der Waals surface area (Å²) < 4.78 is 0.903. The highest BCUT2D eigenvalue weighted by atomic mass is 79.9. The molecule has 2 rings (SSSR count). The van der Waals surface area contributed by atoms with E-state index in [0.717, 1.165) is 22.8 Å². The molecule has 0 N–H and O–H groups in total. The second-order valence-electron chi connectivity index (χ2n) is 5.08. The lowest BCUT2D eigenvalue weighted by molar-refractivity contribution is 0.557. The summed E-state index contributed by atoms with van der Waals surface area (Å²) in [5, 5.41) is 0. The van der Waals surface area contributed by atoms with Crippen LogP contribution in [0.3, 0.4) is 0 Å². The molecule has 4 heteroatoms. The molecule has 3 nitrogen and oxygen atoms in total. The SMILES string of the molecule is CCC(C)CN(C)c1cc(Br)nc(C2CC2)n1. The largest absolute Gasteiger partial charge is 0.359 e. The maximum absolute atomic E-state index is 4.67. The zero-order valence-corrected chi connectivity index (χ0v) is 12.4. The second-order valence-corrected chi connectivity index (χ2v) is 5.89. The maximum atomic E-state index is 4.67. The van der Waals surface area contributed by atoms with Gasteiger partial charge in [0.2, 0.25) is 0 Å². The Labute approximate surface area is 112 Å². The van der Waals surface area contributed by atoms with Gasteiger partial charge in [-0.1, -0.05) is 20.3 Å². The summed E-state index contributed by atoms with van der Waals surface area (Å²) in [6.07, 6.45) is 3.68. The van der Waals surface area contributed by atoms with E-state index in [0.29, 0.717) is 11.8 Å². The number of nitrogens with zero attached hydrogens (tertiary/aromatic N) is 3. The molecule has 1 aromatic rings. The first kappa shape index (κ1) is 12.8. The van der Waals surface area contributed by atoms with Gasteiger partial charge in [-0.2, -0.15) is 0 Å². The average molecular weight is 298 g/mol. The number of hydrogen-bond acceptors (Lipinski definition) is 3. The predicted molar refractivity (Wildman–Crippen MR) is 74.4 cm³/mol. The molecule has 94 valence electrons. The molecule has 1 unspecified atom stereocenters. The van der Waals surface area contributed by atoms with E-state index in [-0.39, 0.29) is 0 Å². The molecule has 17 heavy (non-hydrogen) atoms. The van der Waals surface area contributed by atoms with E-state index in [2.05, 4.69) is 51.7 Å². The molecule has 0 aromatic carbocycles. The minimum Gasteiger partial charge on any atom is -0.359 e. The van der Waals surface area contributed by atoms with Crippen LogP contribution in [0.15, 0.2) is 10.7 Å². The van der Waals surface area contributed by atoms with Gasteiger partial charge < -0.3 is 4.90 Å². The number of rotatable bonds is 5. The fourth-order valence-electron chi connectivity index (χ4n) is 1.83. The summed E-state index contributed by atoms with van der Waals surface area (Å²) in [6, 6.07) is 2.01. The second kappa shape index (κ2) is 5.34. The van der Waals surface area contributed by atoms with Crippen molar-refractivity contribution < 1.29 is 0 Å². The lowest BCUT2D eigenvalue weighted by atomic mass is 10.1. The molecule has 1 aliphatic rings. The molecule has 1 aromatic heterocycles. The Hall–Kier alpha value is -0.640. The zero-order chi connectivity index (χ0) is 12.4. The van der Waals surface area contributed by atoms with Crippen molar-refractivity contribution in [2.24, 2.45) is 5.92 Å². The van der Waals surface area contributed by atoms with Gasteiger partial charge in [0.25, 0.3) is 0 Å². The van der Waals surface area contributed by atoms with Gasteiger partial charge in [0.1, 0.15) is 16.2 Å². The van der Waals surface area contributed by atoms with Crippen LogP contribution in [0.4, 0.5) is 5.82 Å². The predicted octanol–water partition coefficient (Wildman–Crippen LogP) is 3.60. The summed E-state index contributed by atoms with van der Waals surface area (Å²) in [7, 11) is 2.11. The molecule has 1 aliphatic carbocycles. The monoisotopic (exact) mass is 297 g/mol. The van der Waals surface area contributed by atoms with Crippen molar-refractivity contribution in [2.45, 2.75) is 39.0 Å². The topological polar surface area (TPSA) is 29.0 Å². The molecular formula is C13H20BrN3. The third-order valence-electron chi connectivity index (χ3n) is 3.31. The van der Waals surface area contributed by atoms with Gasteiger partial charge in [-0.05, 0) is 34.7 Å². The van der Waals surface area contributed by atoms with E-state index in [9.17, 15) is 0 Å². The van der Waals surface area contributed by atoms with E-state index in [1.54, 1.807) is 0 Å². The molecule has 0 aliphatic heterocycles. The van der Waals surface area contributed by atoms with Crippen LogP contribution in [0.1, 0.15) is 44.9 Å². The summed E-state index contributed by atoms with van der Waals surface area (Å²) in [4.78, 5) is 11.4. The molecule has 0 amide bonds. The van der Waals surface area contributed by atoms with Crippen molar-refractivity contribution in [3.8, 4) is 0 Å². The van der Waals surface area contributed by atoms with Crippen molar-refractivity contribution in [1.29, 1.82) is 0 Å². The quantitative estimate of drug-likeness (QED) is 0.778. The van der Waals surface area contributed by atoms with E-state index >= 15 is 0 Å². The van der Waals surface area contributed by atoms with Crippen molar-refractivity contribution in [2.75, 3.05) is 18.5 Å². The van der Waals surface area contributed by atoms with Crippen LogP contribution in [-0.2, 0) is 0 Å². The van der Waals surface area contributed by atoms with Crippen LogP contribution >= 0.6 is 15.9 Å². The van der Waals surface area contributed by atoms with Crippen LogP contribution in [0.5, 0.6) is 0 Å². The van der Waals surface area contributed by atoms with Crippen LogP contribution in [0, 0.1) is 5.92 Å². The first-order valence-corrected chi connectivity index (χ1v) is 7.15. The molecule has 0 radical (unpaired) electrons. The highest BCUT2D eigenvalue weighted by Gasteiger charge is 2.27. The summed E-state index contributed by atoms with van der Waals surface area (Å²) in [5.41, 5.74) is 0. The van der Waals surface area contributed by atoms with Crippen molar-refractivity contribution in [1.82, 2.24) is 9.97 Å². The minimum atomic E-state index is 0.600. The molecule has 0 spiro atoms. The summed E-state index contributed by atoms with van der Waals surface area (Å²) in [5.74, 6) is 3.33. The van der Waals surface area contributed by atoms with Crippen LogP contribution < -0.4 is 4.90 Å². The number of halogens is 1. The molecule has 0 bridgehead atoms. The number of anilines is 1. The van der Waals surface area contributed by atoms with Crippen LogP contribution in [-0.4, -0.2) is 23.6 Å². The standard InChI is InChI=1S/C13H20BrN3/c1-4-9(2)8-17(3)12-7-11(14)15-13(16-12)10-5-6-10/h7,9-10H,4-6,8H2,1-3H3. The lowest BCUT2D eigenvalue weighted by Crippen LogP contribution is -2.25. The molecule has 1 saturated carbocycles. The minimum absolute atomic E-state index is 0.600. The van der Waals surface area contributed by atoms with Gasteiger partial charge in [-0.25, -0.2) is 9.97 Å². The first-order chi connectivity index (χ1) is 8.10. The Morgan fingerprint density at radius 2 is 2.18 bits per heavy atom. The highest BCUT2D eigenvalue weighted by molar-refractivity contribution is 9.10. The van der Waals surface area contributed by atoms with Crippen molar-refractivity contribution in [3.05, 3.63) is 16.5 Å². The molecular weight excluding hydrogens is 278 g/mol. The fourth-order valence-corrected chi connectivity index (χ4v) is 2.22. The van der Waals surface area contributed by atoms with Crippen molar-refractivity contribution >= 4 is 21.7 Å². The van der Waals surface area contributed by atoms with Gasteiger partial charge in [0, 0.05) is 25.6 Å². The van der Waals surface area contributed by atoms with E-state index < -0.39 is 0 Å². The zero-order valence-electron chi connectivity index (χ0n) is 10.8. The maximum Gasteiger partial charge on any atom is 0.135 e. The Morgan fingerprint density at radius 3 is 2.76 bits per heavy atom. The molecule has 0 saturated heterocycles. The first-order valence-electron chi connectivity index (χ1n) is 6.35. The van der Waals surface area contributed by atoms with Crippen LogP contribution in [0.25, 0.3) is 0 Å². The van der Waals surface area contributed by atoms with Gasteiger partial charge in [-0.15, -0.1) is 0 Å². The Balaban J connectivity index is 2.13. The lowest BCUT2D eigenvalue weighted by Gasteiger charge is -2.22. The van der Waals surface area contributed by atoms with Gasteiger partial charge >= 0.3 is 0 Å². The smallest absolute Gasteiger partial charge is 0.135 e. The Kier molecular flexibility index (Phi) is 4.02. The Bertz CT molecular complexity index is 390. The van der Waals surface area contributed by atoms with Gasteiger partial charge in [-0.3, -0.25) is 0 Å². The highest BCUT2D eigenvalue weighted by Crippen LogP contribution is 2.39. The third kappa shape index (κ3) is 3.41. The fraction of sp³-hybridized carbons (Fsp3) is 0.692. The summed E-state index contributed by atoms with van der Waals surface area (Å²) >= 11 is 3.48. The number of hydrogen-bond donors (Lipinski definition) is 0. The summed E-state index contributed by atoms with van der Waals surface area (Å²) in [6.45, 7) is 5.54. The van der Waals surface area contributed by atoms with Gasteiger partial charge in [0.05, 0.1) is 0 Å².